The summed E-state index contributed by atoms with van der Waals surface area (Å²) in [6.07, 6.45) is -5.10. The van der Waals surface area contributed by atoms with E-state index < -0.39 is 12.6 Å². The molecular formula is C11H16F3N3O. The maximum atomic E-state index is 11.9. The lowest BCUT2D eigenvalue weighted by Crippen LogP contribution is -2.12. The Kier molecular flexibility index (Phi) is 5.33. The lowest BCUT2D eigenvalue weighted by molar-refractivity contribution is -0.136. The Hall–Kier alpha value is -1.37. The molecule has 18 heavy (non-hydrogen) atoms. The van der Waals surface area contributed by atoms with E-state index in [2.05, 4.69) is 15.3 Å². The second-order valence-electron chi connectivity index (χ2n) is 3.88. The summed E-state index contributed by atoms with van der Waals surface area (Å²) in [6, 6.07) is 1.92. The van der Waals surface area contributed by atoms with Crippen LogP contribution in [0.15, 0.2) is 6.07 Å². The van der Waals surface area contributed by atoms with Crippen LogP contribution < -0.4 is 10.1 Å². The number of aromatic nitrogens is 2. The van der Waals surface area contributed by atoms with E-state index in [4.69, 9.17) is 4.74 Å². The molecule has 1 rings (SSSR count). The van der Waals surface area contributed by atoms with Gasteiger partial charge in [-0.3, -0.25) is 0 Å². The monoisotopic (exact) mass is 263 g/mol. The van der Waals surface area contributed by atoms with Crippen LogP contribution in [0.3, 0.4) is 0 Å². The molecule has 1 aromatic heterocycles. The summed E-state index contributed by atoms with van der Waals surface area (Å²) >= 11 is 0. The average molecular weight is 263 g/mol. The summed E-state index contributed by atoms with van der Waals surface area (Å²) in [6.45, 7) is 2.30. The highest BCUT2D eigenvalue weighted by Crippen LogP contribution is 2.21. The number of hydrogen-bond donors (Lipinski definition) is 1. The van der Waals surface area contributed by atoms with Gasteiger partial charge in [0.25, 0.3) is 0 Å². The molecule has 0 amide bonds. The quantitative estimate of drug-likeness (QED) is 0.799. The number of hydrogen-bond acceptors (Lipinski definition) is 4. The summed E-state index contributed by atoms with van der Waals surface area (Å²) < 4.78 is 40.9. The molecule has 0 spiro atoms. The molecule has 7 heteroatoms. The number of halogens is 3. The fourth-order valence-corrected chi connectivity index (χ4v) is 1.38. The van der Waals surface area contributed by atoms with Crippen LogP contribution in [-0.4, -0.2) is 29.8 Å². The second kappa shape index (κ2) is 6.53. The lowest BCUT2D eigenvalue weighted by Gasteiger charge is -2.08. The van der Waals surface area contributed by atoms with Crippen molar-refractivity contribution < 1.29 is 17.9 Å². The molecule has 0 aliphatic carbocycles. The van der Waals surface area contributed by atoms with Crippen molar-refractivity contribution in [1.29, 1.82) is 0 Å². The molecule has 0 atom stereocenters. The third-order valence-electron chi connectivity index (χ3n) is 2.08. The minimum Gasteiger partial charge on any atom is -0.463 e. The van der Waals surface area contributed by atoms with E-state index in [0.717, 1.165) is 11.4 Å². The van der Waals surface area contributed by atoms with Gasteiger partial charge < -0.3 is 10.1 Å². The van der Waals surface area contributed by atoms with Gasteiger partial charge in [-0.1, -0.05) is 0 Å². The molecule has 1 N–H and O–H groups in total. The topological polar surface area (TPSA) is 47.0 Å². The van der Waals surface area contributed by atoms with Crippen molar-refractivity contribution in [3.63, 3.8) is 0 Å². The van der Waals surface area contributed by atoms with Crippen LogP contribution in [0.25, 0.3) is 0 Å². The first kappa shape index (κ1) is 14.7. The largest absolute Gasteiger partial charge is 0.463 e. The number of aryl methyl sites for hydroxylation is 1. The Morgan fingerprint density at radius 3 is 2.67 bits per heavy atom. The van der Waals surface area contributed by atoms with E-state index in [1.54, 1.807) is 20.0 Å². The molecular weight excluding hydrogens is 247 g/mol. The molecule has 0 aliphatic rings. The van der Waals surface area contributed by atoms with Crippen LogP contribution in [-0.2, 0) is 6.54 Å². The van der Waals surface area contributed by atoms with Gasteiger partial charge in [0.2, 0.25) is 0 Å². The van der Waals surface area contributed by atoms with Crippen molar-refractivity contribution in [3.05, 3.63) is 17.5 Å². The predicted molar refractivity (Wildman–Crippen MR) is 60.3 cm³/mol. The molecule has 0 aromatic carbocycles. The number of alkyl halides is 3. The maximum Gasteiger partial charge on any atom is 0.389 e. The van der Waals surface area contributed by atoms with Crippen LogP contribution in [0.5, 0.6) is 6.01 Å². The summed E-state index contributed by atoms with van der Waals surface area (Å²) in [5, 5.41) is 2.93. The van der Waals surface area contributed by atoms with Crippen LogP contribution in [0, 0.1) is 6.92 Å². The van der Waals surface area contributed by atoms with Crippen molar-refractivity contribution in [2.75, 3.05) is 13.7 Å². The first-order valence-electron chi connectivity index (χ1n) is 5.59. The summed E-state index contributed by atoms with van der Waals surface area (Å²) in [7, 11) is 1.78. The van der Waals surface area contributed by atoms with Gasteiger partial charge in [-0.05, 0) is 26.5 Å². The molecule has 1 heterocycles. The van der Waals surface area contributed by atoms with Gasteiger partial charge in [-0.25, -0.2) is 4.98 Å². The molecule has 1 aromatic rings. The first-order chi connectivity index (χ1) is 8.40. The van der Waals surface area contributed by atoms with Crippen molar-refractivity contribution in [2.45, 2.75) is 32.5 Å². The van der Waals surface area contributed by atoms with Gasteiger partial charge in [0.1, 0.15) is 0 Å². The van der Waals surface area contributed by atoms with E-state index >= 15 is 0 Å². The summed E-state index contributed by atoms with van der Waals surface area (Å²) in [5.74, 6) is 0. The second-order valence-corrected chi connectivity index (χ2v) is 3.88. The smallest absolute Gasteiger partial charge is 0.389 e. The van der Waals surface area contributed by atoms with Crippen molar-refractivity contribution >= 4 is 0 Å². The van der Waals surface area contributed by atoms with Gasteiger partial charge in [-0.15, -0.1) is 0 Å². The van der Waals surface area contributed by atoms with E-state index in [9.17, 15) is 13.2 Å². The van der Waals surface area contributed by atoms with E-state index in [1.807, 2.05) is 0 Å². The van der Waals surface area contributed by atoms with Crippen LogP contribution >= 0.6 is 0 Å². The zero-order valence-corrected chi connectivity index (χ0v) is 10.3. The highest BCUT2D eigenvalue weighted by Gasteiger charge is 2.26. The fourth-order valence-electron chi connectivity index (χ4n) is 1.38. The summed E-state index contributed by atoms with van der Waals surface area (Å²) in [4.78, 5) is 8.09. The highest BCUT2D eigenvalue weighted by molar-refractivity contribution is 5.12. The normalized spacial score (nSPS) is 11.6. The summed E-state index contributed by atoms with van der Waals surface area (Å²) in [5.41, 5.74) is 1.47. The number of ether oxygens (including phenoxy) is 1. The first-order valence-corrected chi connectivity index (χ1v) is 5.59. The lowest BCUT2D eigenvalue weighted by atomic mass is 10.3. The van der Waals surface area contributed by atoms with Crippen molar-refractivity contribution in [1.82, 2.24) is 15.3 Å². The number of nitrogens with zero attached hydrogens (tertiary/aromatic N) is 2. The van der Waals surface area contributed by atoms with E-state index in [0.29, 0.717) is 6.54 Å². The number of nitrogens with one attached hydrogen (secondary N) is 1. The Balaban J connectivity index is 2.46. The molecule has 0 saturated carbocycles. The molecule has 0 unspecified atom stereocenters. The Bertz CT molecular complexity index is 382. The maximum absolute atomic E-state index is 11.9. The minimum atomic E-state index is -4.14. The standard InChI is InChI=1S/C11H16F3N3O/c1-8-6-9(7-15-2)17-10(16-8)18-5-3-4-11(12,13)14/h6,15H,3-5,7H2,1-2H3. The molecule has 0 aliphatic heterocycles. The van der Waals surface area contributed by atoms with E-state index in [1.165, 1.54) is 0 Å². The third-order valence-corrected chi connectivity index (χ3v) is 2.08. The van der Waals surface area contributed by atoms with Crippen LogP contribution in [0.4, 0.5) is 13.2 Å². The van der Waals surface area contributed by atoms with Gasteiger partial charge >= 0.3 is 12.2 Å². The molecule has 0 bridgehead atoms. The zero-order valence-electron chi connectivity index (χ0n) is 10.3. The van der Waals surface area contributed by atoms with Crippen LogP contribution in [0.1, 0.15) is 24.2 Å². The van der Waals surface area contributed by atoms with Crippen LogP contribution in [0.2, 0.25) is 0 Å². The SMILES string of the molecule is CNCc1cc(C)nc(OCCCC(F)(F)F)n1. The Labute approximate surface area is 104 Å². The highest BCUT2D eigenvalue weighted by atomic mass is 19.4. The molecule has 0 fully saturated rings. The molecule has 0 radical (unpaired) electrons. The average Bonchev–Trinajstić information content (AvgIpc) is 2.23. The Morgan fingerprint density at radius 1 is 1.33 bits per heavy atom. The Morgan fingerprint density at radius 2 is 2.06 bits per heavy atom. The van der Waals surface area contributed by atoms with Crippen molar-refractivity contribution in [3.8, 4) is 6.01 Å². The fraction of sp³-hybridized carbons (Fsp3) is 0.636. The van der Waals surface area contributed by atoms with Crippen molar-refractivity contribution in [2.24, 2.45) is 0 Å². The third kappa shape index (κ3) is 5.81. The predicted octanol–water partition coefficient (Wildman–Crippen LogP) is 2.23. The van der Waals surface area contributed by atoms with Gasteiger partial charge in [-0.2, -0.15) is 18.2 Å². The van der Waals surface area contributed by atoms with Gasteiger partial charge in [0.15, 0.2) is 0 Å². The number of rotatable bonds is 6. The molecule has 102 valence electrons. The van der Waals surface area contributed by atoms with Gasteiger partial charge in [0, 0.05) is 18.7 Å². The minimum absolute atomic E-state index is 0.0397. The van der Waals surface area contributed by atoms with Gasteiger partial charge in [0.05, 0.1) is 12.3 Å². The zero-order chi connectivity index (χ0) is 13.6. The molecule has 0 saturated heterocycles. The molecule has 4 nitrogen and oxygen atoms in total. The van der Waals surface area contributed by atoms with E-state index in [-0.39, 0.29) is 19.0 Å².